The van der Waals surface area contributed by atoms with Gasteiger partial charge in [0.2, 0.25) is 5.91 Å². The second kappa shape index (κ2) is 10.5. The highest BCUT2D eigenvalue weighted by Crippen LogP contribution is 2.44. The first-order valence-electron chi connectivity index (χ1n) is 13.0. The fourth-order valence-corrected chi connectivity index (χ4v) is 7.43. The maximum absolute atomic E-state index is 13.6. The summed E-state index contributed by atoms with van der Waals surface area (Å²) in [5.74, 6) is -0.213. The van der Waals surface area contributed by atoms with Crippen LogP contribution in [0.25, 0.3) is 11.1 Å². The molecule has 0 aromatic heterocycles. The molecule has 0 radical (unpaired) electrons. The van der Waals surface area contributed by atoms with Crippen molar-refractivity contribution in [2.24, 2.45) is 0 Å². The number of rotatable bonds is 5. The number of carbonyl (C=O) groups excluding carboxylic acids is 1. The first-order valence-corrected chi connectivity index (χ1v) is 14.8. The topological polar surface area (TPSA) is 60.9 Å². The molecular formula is C31H28ClN3O3S. The summed E-state index contributed by atoms with van der Waals surface area (Å²) in [4.78, 5) is 17.9. The standard InChI is InChI=1S/C31H28ClN3O3S/c32-25-15-16-28-27(21-25)26-13-7-8-14-29(26)39(37,38)35(28)22-30(36)33-17-19-34(20-18-33)31(23-9-3-1-4-10-23)24-11-5-2-6-12-24/h1-16,21,31H,17-20,22H2. The normalized spacial score (nSPS) is 16.6. The first-order chi connectivity index (χ1) is 18.9. The Morgan fingerprint density at radius 1 is 0.744 bits per heavy atom. The number of halogens is 1. The number of sulfonamides is 1. The van der Waals surface area contributed by atoms with Crippen molar-refractivity contribution in [3.8, 4) is 11.1 Å². The van der Waals surface area contributed by atoms with Crippen LogP contribution in [-0.2, 0) is 14.8 Å². The Morgan fingerprint density at radius 3 is 1.97 bits per heavy atom. The number of hydrogen-bond acceptors (Lipinski definition) is 4. The number of nitrogens with zero attached hydrogens (tertiary/aromatic N) is 3. The average Bonchev–Trinajstić information content (AvgIpc) is 2.97. The van der Waals surface area contributed by atoms with Gasteiger partial charge in [0.25, 0.3) is 10.0 Å². The Bertz CT molecular complexity index is 1570. The summed E-state index contributed by atoms with van der Waals surface area (Å²) >= 11 is 6.27. The molecule has 6 rings (SSSR count). The predicted molar refractivity (Wildman–Crippen MR) is 154 cm³/mol. The van der Waals surface area contributed by atoms with E-state index >= 15 is 0 Å². The van der Waals surface area contributed by atoms with E-state index in [4.69, 9.17) is 11.6 Å². The Hall–Kier alpha value is -3.65. The van der Waals surface area contributed by atoms with Gasteiger partial charge >= 0.3 is 0 Å². The van der Waals surface area contributed by atoms with Gasteiger partial charge in [-0.25, -0.2) is 8.42 Å². The zero-order valence-corrected chi connectivity index (χ0v) is 22.9. The molecule has 2 aliphatic heterocycles. The Labute approximate surface area is 234 Å². The molecule has 39 heavy (non-hydrogen) atoms. The molecular weight excluding hydrogens is 530 g/mol. The van der Waals surface area contributed by atoms with Crippen molar-refractivity contribution in [3.05, 3.63) is 119 Å². The Kier molecular flexibility index (Phi) is 6.89. The van der Waals surface area contributed by atoms with Crippen LogP contribution in [-0.4, -0.2) is 56.8 Å². The fraction of sp³-hybridized carbons (Fsp3) is 0.194. The van der Waals surface area contributed by atoms with Crippen LogP contribution in [0, 0.1) is 0 Å². The lowest BCUT2D eigenvalue weighted by molar-refractivity contribution is -0.131. The van der Waals surface area contributed by atoms with E-state index < -0.39 is 10.0 Å². The second-order valence-electron chi connectivity index (χ2n) is 9.81. The molecule has 2 heterocycles. The van der Waals surface area contributed by atoms with Crippen molar-refractivity contribution in [3.63, 3.8) is 0 Å². The summed E-state index contributed by atoms with van der Waals surface area (Å²) in [6.07, 6.45) is 0. The van der Waals surface area contributed by atoms with E-state index in [0.29, 0.717) is 48.0 Å². The third-order valence-electron chi connectivity index (χ3n) is 7.51. The van der Waals surface area contributed by atoms with E-state index in [1.165, 1.54) is 15.4 Å². The van der Waals surface area contributed by atoms with Gasteiger partial charge in [0.1, 0.15) is 6.54 Å². The fourth-order valence-electron chi connectivity index (χ4n) is 5.61. The number of hydrogen-bond donors (Lipinski definition) is 0. The van der Waals surface area contributed by atoms with Gasteiger partial charge in [-0.3, -0.25) is 14.0 Å². The van der Waals surface area contributed by atoms with Crippen LogP contribution in [0.3, 0.4) is 0 Å². The highest BCUT2D eigenvalue weighted by molar-refractivity contribution is 7.93. The third kappa shape index (κ3) is 4.82. The van der Waals surface area contributed by atoms with Crippen LogP contribution < -0.4 is 4.31 Å². The van der Waals surface area contributed by atoms with Crippen molar-refractivity contribution >= 4 is 33.2 Å². The van der Waals surface area contributed by atoms with Crippen LogP contribution in [0.5, 0.6) is 0 Å². The summed E-state index contributed by atoms with van der Waals surface area (Å²) in [5.41, 5.74) is 4.19. The van der Waals surface area contributed by atoms with Crippen molar-refractivity contribution in [1.29, 1.82) is 0 Å². The molecule has 0 spiro atoms. The Morgan fingerprint density at radius 2 is 1.33 bits per heavy atom. The minimum atomic E-state index is -3.91. The number of amides is 1. The molecule has 6 nitrogen and oxygen atoms in total. The quantitative estimate of drug-likeness (QED) is 0.327. The third-order valence-corrected chi connectivity index (χ3v) is 9.57. The van der Waals surface area contributed by atoms with Gasteiger partial charge in [-0.15, -0.1) is 0 Å². The maximum Gasteiger partial charge on any atom is 0.265 e. The number of piperazine rings is 1. The van der Waals surface area contributed by atoms with Crippen molar-refractivity contribution in [2.75, 3.05) is 37.0 Å². The monoisotopic (exact) mass is 557 g/mol. The molecule has 198 valence electrons. The average molecular weight is 558 g/mol. The van der Waals surface area contributed by atoms with Crippen LogP contribution in [0.15, 0.2) is 108 Å². The minimum Gasteiger partial charge on any atom is -0.339 e. The summed E-state index contributed by atoms with van der Waals surface area (Å²) in [6, 6.07) is 32.8. The molecule has 0 unspecified atom stereocenters. The van der Waals surface area contributed by atoms with E-state index in [2.05, 4.69) is 29.2 Å². The van der Waals surface area contributed by atoms with Crippen LogP contribution >= 0.6 is 11.6 Å². The zero-order valence-electron chi connectivity index (χ0n) is 21.3. The number of benzene rings is 4. The lowest BCUT2D eigenvalue weighted by atomic mass is 9.96. The SMILES string of the molecule is O=C(CN1c2ccc(Cl)cc2-c2ccccc2S1(=O)=O)N1CCN(C(c2ccccc2)c2ccccc2)CC1. The van der Waals surface area contributed by atoms with Crippen molar-refractivity contribution in [2.45, 2.75) is 10.9 Å². The smallest absolute Gasteiger partial charge is 0.265 e. The highest BCUT2D eigenvalue weighted by Gasteiger charge is 2.37. The van der Waals surface area contributed by atoms with Gasteiger partial charge in [-0.1, -0.05) is 90.5 Å². The van der Waals surface area contributed by atoms with E-state index in [1.54, 1.807) is 47.4 Å². The molecule has 0 N–H and O–H groups in total. The highest BCUT2D eigenvalue weighted by atomic mass is 35.5. The summed E-state index contributed by atoms with van der Waals surface area (Å²) in [7, 11) is -3.91. The van der Waals surface area contributed by atoms with Crippen LogP contribution in [0.2, 0.25) is 5.02 Å². The molecule has 1 fully saturated rings. The molecule has 2 aliphatic rings. The molecule has 1 amide bonds. The second-order valence-corrected chi connectivity index (χ2v) is 12.1. The van der Waals surface area contributed by atoms with Gasteiger partial charge in [0.15, 0.2) is 0 Å². The lowest BCUT2D eigenvalue weighted by Gasteiger charge is -2.40. The van der Waals surface area contributed by atoms with Crippen LogP contribution in [0.4, 0.5) is 5.69 Å². The minimum absolute atomic E-state index is 0.0836. The predicted octanol–water partition coefficient (Wildman–Crippen LogP) is 5.45. The molecule has 0 saturated carbocycles. The van der Waals surface area contributed by atoms with E-state index in [0.717, 1.165) is 0 Å². The summed E-state index contributed by atoms with van der Waals surface area (Å²) in [5, 5.41) is 0.511. The molecule has 0 atom stereocenters. The van der Waals surface area contributed by atoms with E-state index in [9.17, 15) is 13.2 Å². The van der Waals surface area contributed by atoms with Gasteiger partial charge < -0.3 is 4.90 Å². The maximum atomic E-state index is 13.6. The van der Waals surface area contributed by atoms with Gasteiger partial charge in [-0.2, -0.15) is 0 Å². The summed E-state index contributed by atoms with van der Waals surface area (Å²) in [6.45, 7) is 2.15. The van der Waals surface area contributed by atoms with Crippen molar-refractivity contribution in [1.82, 2.24) is 9.80 Å². The van der Waals surface area contributed by atoms with Gasteiger partial charge in [0.05, 0.1) is 16.6 Å². The molecule has 1 saturated heterocycles. The molecule has 0 bridgehead atoms. The van der Waals surface area contributed by atoms with E-state index in [1.807, 2.05) is 36.4 Å². The van der Waals surface area contributed by atoms with Crippen LogP contribution in [0.1, 0.15) is 17.2 Å². The Balaban J connectivity index is 1.22. The van der Waals surface area contributed by atoms with E-state index in [-0.39, 0.29) is 23.4 Å². The summed E-state index contributed by atoms with van der Waals surface area (Å²) < 4.78 is 28.5. The largest absolute Gasteiger partial charge is 0.339 e. The first kappa shape index (κ1) is 25.6. The molecule has 8 heteroatoms. The lowest BCUT2D eigenvalue weighted by Crippen LogP contribution is -2.52. The molecule has 0 aliphatic carbocycles. The van der Waals surface area contributed by atoms with Gasteiger partial charge in [-0.05, 0) is 35.4 Å². The van der Waals surface area contributed by atoms with Crippen molar-refractivity contribution < 1.29 is 13.2 Å². The molecule has 4 aromatic carbocycles. The zero-order chi connectivity index (χ0) is 27.0. The number of fused-ring (bicyclic) bond motifs is 3. The number of carbonyl (C=O) groups is 1. The number of anilines is 1. The van der Waals surface area contributed by atoms with Gasteiger partial charge in [0, 0.05) is 42.3 Å². The molecule has 4 aromatic rings.